The number of nitrogens with zero attached hydrogens (tertiary/aromatic N) is 3. The van der Waals surface area contributed by atoms with E-state index in [4.69, 9.17) is 0 Å². The molecular weight excluding hydrogens is 510 g/mol. The zero-order valence-electron chi connectivity index (χ0n) is 22.3. The Morgan fingerprint density at radius 1 is 1.00 bits per heavy atom. The molecule has 2 aromatic heterocycles. The van der Waals surface area contributed by atoms with Gasteiger partial charge in [-0.15, -0.1) is 0 Å². The van der Waals surface area contributed by atoms with Crippen LogP contribution in [0.5, 0.6) is 0 Å². The van der Waals surface area contributed by atoms with Crippen molar-refractivity contribution >= 4 is 17.6 Å². The van der Waals surface area contributed by atoms with Crippen LogP contribution in [0.15, 0.2) is 60.9 Å². The van der Waals surface area contributed by atoms with Crippen molar-refractivity contribution in [3.05, 3.63) is 89.4 Å². The molecule has 3 heterocycles. The second kappa shape index (κ2) is 12.4. The van der Waals surface area contributed by atoms with Crippen LogP contribution in [0.2, 0.25) is 0 Å². The molecule has 3 aromatic rings. The maximum absolute atomic E-state index is 13.0. The van der Waals surface area contributed by atoms with Gasteiger partial charge in [0.2, 0.25) is 11.8 Å². The molecule has 6 nitrogen and oxygen atoms in total. The molecule has 1 aromatic carbocycles. The van der Waals surface area contributed by atoms with E-state index in [1.165, 1.54) is 31.0 Å². The Labute approximate surface area is 233 Å². The third-order valence-corrected chi connectivity index (χ3v) is 7.93. The highest BCUT2D eigenvalue weighted by Gasteiger charge is 2.45. The van der Waals surface area contributed by atoms with Gasteiger partial charge < -0.3 is 10.2 Å². The summed E-state index contributed by atoms with van der Waals surface area (Å²) in [7, 11) is 0. The van der Waals surface area contributed by atoms with E-state index < -0.39 is 11.6 Å². The number of aromatic nitrogens is 2. The predicted octanol–water partition coefficient (Wildman–Crippen LogP) is 5.33. The number of pyridine rings is 2. The number of hydrogen-bond donors (Lipinski definition) is 1. The number of benzene rings is 1. The van der Waals surface area contributed by atoms with Gasteiger partial charge in [0.05, 0.1) is 6.54 Å². The van der Waals surface area contributed by atoms with E-state index in [-0.39, 0.29) is 17.2 Å². The molecule has 1 aliphatic heterocycles. The number of fused-ring (bicyclic) bond motifs is 1. The highest BCUT2D eigenvalue weighted by molar-refractivity contribution is 5.92. The van der Waals surface area contributed by atoms with Gasteiger partial charge in [0, 0.05) is 54.0 Å². The van der Waals surface area contributed by atoms with Crippen LogP contribution in [0.3, 0.4) is 0 Å². The first-order valence-corrected chi connectivity index (χ1v) is 13.8. The number of nitrogens with one attached hydrogen (secondary N) is 1. The largest absolute Gasteiger partial charge is 0.331 e. The number of likely N-dealkylation sites (tertiary alicyclic amines) is 1. The Balaban J connectivity index is 0.000000348. The Hall–Kier alpha value is -4.12. The lowest BCUT2D eigenvalue weighted by Gasteiger charge is -2.38. The van der Waals surface area contributed by atoms with Gasteiger partial charge in [-0.25, -0.2) is 13.8 Å². The van der Waals surface area contributed by atoms with Crippen molar-refractivity contribution in [3.63, 3.8) is 0 Å². The number of anilines is 1. The molecule has 3 aliphatic rings. The van der Waals surface area contributed by atoms with Crippen LogP contribution in [-0.4, -0.2) is 39.8 Å². The van der Waals surface area contributed by atoms with E-state index in [1.54, 1.807) is 18.5 Å². The minimum atomic E-state index is -0.537. The van der Waals surface area contributed by atoms with E-state index in [2.05, 4.69) is 27.1 Å². The molecule has 0 bridgehead atoms. The smallest absolute Gasteiger partial charge is 0.229 e. The van der Waals surface area contributed by atoms with Gasteiger partial charge in [-0.3, -0.25) is 14.6 Å². The van der Waals surface area contributed by atoms with Gasteiger partial charge in [-0.05, 0) is 68.0 Å². The van der Waals surface area contributed by atoms with Crippen LogP contribution >= 0.6 is 0 Å². The monoisotopic (exact) mass is 542 g/mol. The SMILES string of the molecule is Fc1cccc(F)c1.O=C(Nc1ccccn1)[C@H]1Cc2cc(C#CCN3CCCC4(CCCC4)C3=O)cnc2C1. The van der Waals surface area contributed by atoms with Gasteiger partial charge in [0.15, 0.2) is 0 Å². The molecule has 0 unspecified atom stereocenters. The summed E-state index contributed by atoms with van der Waals surface area (Å²) in [6.45, 7) is 1.29. The van der Waals surface area contributed by atoms with Gasteiger partial charge >= 0.3 is 0 Å². The molecule has 2 amide bonds. The highest BCUT2D eigenvalue weighted by atomic mass is 19.1. The molecule has 2 aliphatic carbocycles. The van der Waals surface area contributed by atoms with Gasteiger partial charge in [0.25, 0.3) is 0 Å². The number of carbonyl (C=O) groups excluding carboxylic acids is 2. The van der Waals surface area contributed by atoms with Crippen LogP contribution in [-0.2, 0) is 22.4 Å². The molecule has 1 saturated heterocycles. The minimum absolute atomic E-state index is 0.0289. The summed E-state index contributed by atoms with van der Waals surface area (Å²) < 4.78 is 23.9. The van der Waals surface area contributed by atoms with Crippen molar-refractivity contribution in [2.75, 3.05) is 18.4 Å². The van der Waals surface area contributed by atoms with E-state index in [1.807, 2.05) is 23.1 Å². The molecule has 206 valence electrons. The molecule has 0 radical (unpaired) electrons. The van der Waals surface area contributed by atoms with E-state index in [9.17, 15) is 18.4 Å². The second-order valence-corrected chi connectivity index (χ2v) is 10.7. The first-order chi connectivity index (χ1) is 19.4. The minimum Gasteiger partial charge on any atom is -0.331 e. The Morgan fingerprint density at radius 3 is 2.48 bits per heavy atom. The van der Waals surface area contributed by atoms with E-state index >= 15 is 0 Å². The number of halogens is 2. The van der Waals surface area contributed by atoms with Crippen molar-refractivity contribution in [3.8, 4) is 11.8 Å². The Morgan fingerprint density at radius 2 is 1.77 bits per heavy atom. The molecule has 40 heavy (non-hydrogen) atoms. The number of rotatable bonds is 3. The molecular formula is C32H32F2N4O2. The van der Waals surface area contributed by atoms with Gasteiger partial charge in [-0.2, -0.15) is 0 Å². The summed E-state index contributed by atoms with van der Waals surface area (Å²) >= 11 is 0. The number of carbonyl (C=O) groups is 2. The topological polar surface area (TPSA) is 75.2 Å². The summed E-state index contributed by atoms with van der Waals surface area (Å²) in [5, 5.41) is 2.89. The molecule has 1 atom stereocenters. The second-order valence-electron chi connectivity index (χ2n) is 10.7. The lowest BCUT2D eigenvalue weighted by molar-refractivity contribution is -0.145. The zero-order valence-corrected chi connectivity index (χ0v) is 22.3. The third kappa shape index (κ3) is 6.53. The first kappa shape index (κ1) is 27.4. The molecule has 1 spiro atoms. The predicted molar refractivity (Wildman–Crippen MR) is 148 cm³/mol. The standard InChI is InChI=1S/C26H28N4O2.C6H4F2/c31-24(29-23-8-1-4-12-27-23)21-16-20-15-19(18-28-22(20)17-21)7-5-13-30-14-6-11-26(25(30)32)9-2-3-10-26;7-5-2-1-3-6(8)4-5/h1,4,8,12,15,18,21H,2-3,6,9-11,13-14,16-17H2,(H,27,29,31);1-4H/t21-;/m0./s1. The van der Waals surface area contributed by atoms with Crippen LogP contribution in [0.1, 0.15) is 55.3 Å². The maximum Gasteiger partial charge on any atom is 0.229 e. The van der Waals surface area contributed by atoms with Crippen LogP contribution < -0.4 is 5.32 Å². The third-order valence-electron chi connectivity index (χ3n) is 7.93. The molecule has 1 N–H and O–H groups in total. The number of amides is 2. The number of piperidine rings is 1. The highest BCUT2D eigenvalue weighted by Crippen LogP contribution is 2.45. The van der Waals surface area contributed by atoms with Crippen molar-refractivity contribution in [2.45, 2.75) is 51.4 Å². The summed E-state index contributed by atoms with van der Waals surface area (Å²) in [6, 6.07) is 12.1. The molecule has 6 rings (SSSR count). The fraction of sp³-hybridized carbons (Fsp3) is 0.375. The fourth-order valence-corrected chi connectivity index (χ4v) is 5.90. The van der Waals surface area contributed by atoms with Crippen LogP contribution in [0, 0.1) is 34.8 Å². The summed E-state index contributed by atoms with van der Waals surface area (Å²) in [5.41, 5.74) is 2.79. The van der Waals surface area contributed by atoms with E-state index in [0.29, 0.717) is 31.1 Å². The van der Waals surface area contributed by atoms with Crippen molar-refractivity contribution in [2.24, 2.45) is 11.3 Å². The van der Waals surface area contributed by atoms with Crippen molar-refractivity contribution in [1.29, 1.82) is 0 Å². The maximum atomic E-state index is 13.0. The fourth-order valence-electron chi connectivity index (χ4n) is 5.90. The number of hydrogen-bond acceptors (Lipinski definition) is 4. The quantitative estimate of drug-likeness (QED) is 0.454. The summed E-state index contributed by atoms with van der Waals surface area (Å²) in [6.07, 6.45) is 11.3. The normalized spacial score (nSPS) is 18.8. The summed E-state index contributed by atoms with van der Waals surface area (Å²) in [4.78, 5) is 36.3. The lowest BCUT2D eigenvalue weighted by atomic mass is 9.77. The van der Waals surface area contributed by atoms with Crippen molar-refractivity contribution < 1.29 is 18.4 Å². The van der Waals surface area contributed by atoms with Crippen LogP contribution in [0.25, 0.3) is 0 Å². The summed E-state index contributed by atoms with van der Waals surface area (Å²) in [5.74, 6) is 6.02. The van der Waals surface area contributed by atoms with Gasteiger partial charge in [0.1, 0.15) is 17.5 Å². The molecule has 2 fully saturated rings. The zero-order chi connectivity index (χ0) is 28.0. The van der Waals surface area contributed by atoms with Crippen LogP contribution in [0.4, 0.5) is 14.6 Å². The van der Waals surface area contributed by atoms with E-state index in [0.717, 1.165) is 55.1 Å². The Kier molecular flexibility index (Phi) is 8.49. The average molecular weight is 543 g/mol. The Bertz CT molecular complexity index is 1410. The average Bonchev–Trinajstić information content (AvgIpc) is 3.60. The molecule has 1 saturated carbocycles. The first-order valence-electron chi connectivity index (χ1n) is 13.8. The van der Waals surface area contributed by atoms with Gasteiger partial charge in [-0.1, -0.05) is 36.8 Å². The van der Waals surface area contributed by atoms with Crippen molar-refractivity contribution in [1.82, 2.24) is 14.9 Å². The molecule has 8 heteroatoms. The lowest BCUT2D eigenvalue weighted by Crippen LogP contribution is -2.47.